The first-order valence-corrected chi connectivity index (χ1v) is 5.58. The normalized spacial score (nSPS) is 17.7. The van der Waals surface area contributed by atoms with Crippen LogP contribution in [0.2, 0.25) is 0 Å². The molecule has 0 saturated carbocycles. The van der Waals surface area contributed by atoms with Crippen LogP contribution in [0, 0.1) is 13.8 Å². The summed E-state index contributed by atoms with van der Waals surface area (Å²) in [6, 6.07) is 1.99. The van der Waals surface area contributed by atoms with Crippen LogP contribution >= 0.6 is 0 Å². The second-order valence-corrected chi connectivity index (χ2v) is 4.10. The van der Waals surface area contributed by atoms with Crippen molar-refractivity contribution >= 4 is 5.82 Å². The number of anilines is 1. The minimum Gasteiger partial charge on any atom is -0.303 e. The van der Waals surface area contributed by atoms with Crippen molar-refractivity contribution in [1.29, 1.82) is 0 Å². The van der Waals surface area contributed by atoms with Gasteiger partial charge in [-0.15, -0.1) is 0 Å². The molecular formula is C11H18N4. The maximum Gasteiger partial charge on any atom is 0.144 e. The summed E-state index contributed by atoms with van der Waals surface area (Å²) < 4.78 is 0. The van der Waals surface area contributed by atoms with Gasteiger partial charge in [-0.3, -0.25) is 0 Å². The van der Waals surface area contributed by atoms with Gasteiger partial charge in [0.15, 0.2) is 0 Å². The molecule has 1 fully saturated rings. The summed E-state index contributed by atoms with van der Waals surface area (Å²) in [5, 5.41) is 2.24. The van der Waals surface area contributed by atoms with Crippen LogP contribution in [0.1, 0.15) is 30.8 Å². The maximum atomic E-state index is 4.36. The van der Waals surface area contributed by atoms with Gasteiger partial charge in [-0.2, -0.15) is 0 Å². The van der Waals surface area contributed by atoms with Crippen molar-refractivity contribution < 1.29 is 0 Å². The number of nitrogens with zero attached hydrogens (tertiary/aromatic N) is 3. The molecule has 0 radical (unpaired) electrons. The van der Waals surface area contributed by atoms with Crippen LogP contribution in [0.25, 0.3) is 0 Å². The molecule has 0 atom stereocenters. The number of hydrogen-bond acceptors (Lipinski definition) is 4. The first-order chi connectivity index (χ1) is 7.24. The third kappa shape index (κ3) is 2.89. The minimum absolute atomic E-state index is 0.828. The molecule has 0 aliphatic carbocycles. The molecule has 1 aliphatic heterocycles. The molecule has 15 heavy (non-hydrogen) atoms. The Bertz CT molecular complexity index is 311. The van der Waals surface area contributed by atoms with Crippen LogP contribution in [0.5, 0.6) is 0 Å². The summed E-state index contributed by atoms with van der Waals surface area (Å²) in [4.78, 5) is 8.62. The van der Waals surface area contributed by atoms with Gasteiger partial charge in [0.1, 0.15) is 11.6 Å². The van der Waals surface area contributed by atoms with E-state index in [0.717, 1.165) is 30.4 Å². The Kier molecular flexibility index (Phi) is 3.16. The fourth-order valence-electron chi connectivity index (χ4n) is 1.94. The first-order valence-electron chi connectivity index (χ1n) is 5.58. The van der Waals surface area contributed by atoms with Crippen molar-refractivity contribution in [2.75, 3.05) is 18.5 Å². The SMILES string of the molecule is Cc1cc(NN2CCCCC2)nc(C)n1. The second kappa shape index (κ2) is 4.57. The molecule has 0 unspecified atom stereocenters. The average Bonchev–Trinajstić information content (AvgIpc) is 2.17. The van der Waals surface area contributed by atoms with Crippen LogP contribution in [-0.4, -0.2) is 28.1 Å². The monoisotopic (exact) mass is 206 g/mol. The van der Waals surface area contributed by atoms with Crippen LogP contribution in [0.15, 0.2) is 6.07 Å². The Morgan fingerprint density at radius 2 is 1.87 bits per heavy atom. The van der Waals surface area contributed by atoms with E-state index in [-0.39, 0.29) is 0 Å². The molecule has 4 nitrogen and oxygen atoms in total. The van der Waals surface area contributed by atoms with E-state index in [2.05, 4.69) is 20.4 Å². The van der Waals surface area contributed by atoms with Crippen LogP contribution in [0.4, 0.5) is 5.82 Å². The number of hydrogen-bond donors (Lipinski definition) is 1. The van der Waals surface area contributed by atoms with E-state index in [4.69, 9.17) is 0 Å². The highest BCUT2D eigenvalue weighted by molar-refractivity contribution is 5.34. The third-order valence-corrected chi connectivity index (χ3v) is 2.59. The van der Waals surface area contributed by atoms with Gasteiger partial charge < -0.3 is 5.43 Å². The first kappa shape index (κ1) is 10.4. The molecule has 0 amide bonds. The lowest BCUT2D eigenvalue weighted by Gasteiger charge is -2.27. The standard InChI is InChI=1S/C11H18N4/c1-9-8-11(13-10(2)12-9)14-15-6-4-3-5-7-15/h8H,3-7H2,1-2H3,(H,12,13,14). The lowest BCUT2D eigenvalue weighted by atomic mass is 10.2. The Balaban J connectivity index is 2.02. The van der Waals surface area contributed by atoms with E-state index >= 15 is 0 Å². The van der Waals surface area contributed by atoms with Gasteiger partial charge in [0, 0.05) is 24.8 Å². The molecule has 0 spiro atoms. The predicted molar refractivity (Wildman–Crippen MR) is 60.6 cm³/mol. The zero-order chi connectivity index (χ0) is 10.7. The van der Waals surface area contributed by atoms with Gasteiger partial charge in [0.2, 0.25) is 0 Å². The largest absolute Gasteiger partial charge is 0.303 e. The van der Waals surface area contributed by atoms with Gasteiger partial charge in [0.05, 0.1) is 0 Å². The van der Waals surface area contributed by atoms with E-state index < -0.39 is 0 Å². The molecule has 1 aliphatic rings. The molecule has 4 heteroatoms. The summed E-state index contributed by atoms with van der Waals surface area (Å²) in [5.74, 6) is 1.75. The zero-order valence-corrected chi connectivity index (χ0v) is 9.45. The second-order valence-electron chi connectivity index (χ2n) is 4.10. The van der Waals surface area contributed by atoms with Gasteiger partial charge in [-0.1, -0.05) is 6.42 Å². The number of aromatic nitrogens is 2. The highest BCUT2D eigenvalue weighted by Crippen LogP contribution is 2.12. The minimum atomic E-state index is 0.828. The average molecular weight is 206 g/mol. The fraction of sp³-hybridized carbons (Fsp3) is 0.636. The quantitative estimate of drug-likeness (QED) is 0.802. The van der Waals surface area contributed by atoms with Crippen LogP contribution in [0.3, 0.4) is 0 Å². The summed E-state index contributed by atoms with van der Waals surface area (Å²) in [6.45, 7) is 6.15. The van der Waals surface area contributed by atoms with Crippen LogP contribution < -0.4 is 5.43 Å². The highest BCUT2D eigenvalue weighted by atomic mass is 15.5. The molecule has 0 aromatic carbocycles. The smallest absolute Gasteiger partial charge is 0.144 e. The molecule has 1 N–H and O–H groups in total. The Morgan fingerprint density at radius 3 is 2.53 bits per heavy atom. The fourth-order valence-corrected chi connectivity index (χ4v) is 1.94. The molecular weight excluding hydrogens is 188 g/mol. The summed E-state index contributed by atoms with van der Waals surface area (Å²) in [5.41, 5.74) is 4.36. The lowest BCUT2D eigenvalue weighted by Crippen LogP contribution is -2.35. The molecule has 1 aromatic rings. The van der Waals surface area contributed by atoms with Gasteiger partial charge in [0.25, 0.3) is 0 Å². The number of aryl methyl sites for hydroxylation is 2. The van der Waals surface area contributed by atoms with Gasteiger partial charge in [-0.25, -0.2) is 15.0 Å². The van der Waals surface area contributed by atoms with Crippen molar-refractivity contribution in [2.45, 2.75) is 33.1 Å². The summed E-state index contributed by atoms with van der Waals surface area (Å²) in [6.07, 6.45) is 3.89. The molecule has 1 saturated heterocycles. The van der Waals surface area contributed by atoms with Crippen molar-refractivity contribution in [2.24, 2.45) is 0 Å². The molecule has 2 rings (SSSR count). The van der Waals surface area contributed by atoms with E-state index in [1.165, 1.54) is 19.3 Å². The number of nitrogens with one attached hydrogen (secondary N) is 1. The topological polar surface area (TPSA) is 41.0 Å². The van der Waals surface area contributed by atoms with Crippen molar-refractivity contribution in [3.63, 3.8) is 0 Å². The summed E-state index contributed by atoms with van der Waals surface area (Å²) >= 11 is 0. The third-order valence-electron chi connectivity index (χ3n) is 2.59. The van der Waals surface area contributed by atoms with Gasteiger partial charge in [-0.05, 0) is 26.7 Å². The number of hydrazine groups is 1. The molecule has 1 aromatic heterocycles. The van der Waals surface area contributed by atoms with Crippen molar-refractivity contribution in [1.82, 2.24) is 15.0 Å². The predicted octanol–water partition coefficient (Wildman–Crippen LogP) is 1.91. The van der Waals surface area contributed by atoms with Crippen molar-refractivity contribution in [3.8, 4) is 0 Å². The molecule has 0 bridgehead atoms. The molecule has 2 heterocycles. The summed E-state index contributed by atoms with van der Waals surface area (Å²) in [7, 11) is 0. The van der Waals surface area contributed by atoms with E-state index in [0.29, 0.717) is 0 Å². The Labute approximate surface area is 90.7 Å². The Hall–Kier alpha value is -1.16. The van der Waals surface area contributed by atoms with E-state index in [9.17, 15) is 0 Å². The zero-order valence-electron chi connectivity index (χ0n) is 9.45. The number of piperidine rings is 1. The Morgan fingerprint density at radius 1 is 1.13 bits per heavy atom. The highest BCUT2D eigenvalue weighted by Gasteiger charge is 2.10. The van der Waals surface area contributed by atoms with Crippen LogP contribution in [-0.2, 0) is 0 Å². The van der Waals surface area contributed by atoms with E-state index in [1.54, 1.807) is 0 Å². The molecule has 82 valence electrons. The van der Waals surface area contributed by atoms with Gasteiger partial charge >= 0.3 is 0 Å². The van der Waals surface area contributed by atoms with E-state index in [1.807, 2.05) is 19.9 Å². The number of rotatable bonds is 2. The van der Waals surface area contributed by atoms with Crippen molar-refractivity contribution in [3.05, 3.63) is 17.6 Å². The lowest BCUT2D eigenvalue weighted by molar-refractivity contribution is 0.272. The maximum absolute atomic E-state index is 4.36.